The number of hydrogen-bond donors (Lipinski definition) is 0. The van der Waals surface area contributed by atoms with Gasteiger partial charge in [0.05, 0.1) is 0 Å². The molecular weight excluding hydrogens is 165 g/mol. The SMILES string of the molecule is CC(C)=P(C)(C)CC(C)(F)F. The molecular formula is C8H17F2P. The summed E-state index contributed by atoms with van der Waals surface area (Å²) in [6, 6.07) is 0. The molecule has 0 aliphatic heterocycles. The first-order valence-electron chi connectivity index (χ1n) is 3.67. The summed E-state index contributed by atoms with van der Waals surface area (Å²) in [6.45, 7) is 7.33. The van der Waals surface area contributed by atoms with E-state index < -0.39 is 12.8 Å². The topological polar surface area (TPSA) is 0 Å². The van der Waals surface area contributed by atoms with Gasteiger partial charge in [0.1, 0.15) is 0 Å². The maximum absolute atomic E-state index is 12.6. The standard InChI is InChI=1S/C8H17F2P/c1-7(2)11(4,5)6-8(3,9)10/h6H2,1-5H3. The molecule has 0 fully saturated rings. The smallest absolute Gasteiger partial charge is 0.207 e. The molecule has 0 saturated heterocycles. The van der Waals surface area contributed by atoms with Crippen LogP contribution in [-0.2, 0) is 0 Å². The third-order valence-corrected chi connectivity index (χ3v) is 5.65. The fraction of sp³-hybridized carbons (Fsp3) is 0.875. The lowest BCUT2D eigenvalue weighted by atomic mass is 10.5. The molecule has 0 amide bonds. The molecule has 0 N–H and O–H groups in total. The van der Waals surface area contributed by atoms with Crippen LogP contribution in [0.3, 0.4) is 0 Å². The quantitative estimate of drug-likeness (QED) is 0.575. The Morgan fingerprint density at radius 3 is 1.73 bits per heavy atom. The first-order valence-corrected chi connectivity index (χ1v) is 6.53. The minimum Gasteiger partial charge on any atom is -0.207 e. The first-order chi connectivity index (χ1) is 4.65. The lowest BCUT2D eigenvalue weighted by molar-refractivity contribution is 0.0480. The van der Waals surface area contributed by atoms with Gasteiger partial charge in [-0.15, -0.1) is 6.89 Å². The fourth-order valence-corrected chi connectivity index (χ4v) is 2.56. The van der Waals surface area contributed by atoms with Gasteiger partial charge in [0.25, 0.3) is 0 Å². The van der Waals surface area contributed by atoms with Gasteiger partial charge in [-0.05, 0) is 34.1 Å². The molecule has 0 nitrogen and oxygen atoms in total. The molecule has 0 rings (SSSR count). The Balaban J connectivity index is 4.52. The maximum Gasteiger partial charge on any atom is 0.249 e. The van der Waals surface area contributed by atoms with Gasteiger partial charge >= 0.3 is 0 Å². The predicted octanol–water partition coefficient (Wildman–Crippen LogP) is 3.13. The molecule has 68 valence electrons. The van der Waals surface area contributed by atoms with Crippen LogP contribution < -0.4 is 0 Å². The summed E-state index contributed by atoms with van der Waals surface area (Å²) in [5, 5.41) is 1.17. The van der Waals surface area contributed by atoms with E-state index in [2.05, 4.69) is 0 Å². The second-order valence-electron chi connectivity index (χ2n) is 3.86. The summed E-state index contributed by atoms with van der Waals surface area (Å²) < 4.78 is 25.2. The Morgan fingerprint density at radius 2 is 1.64 bits per heavy atom. The van der Waals surface area contributed by atoms with E-state index in [1.54, 1.807) is 0 Å². The van der Waals surface area contributed by atoms with Crippen LogP contribution in [0.15, 0.2) is 0 Å². The zero-order valence-electron chi connectivity index (χ0n) is 7.91. The predicted molar refractivity (Wildman–Crippen MR) is 50.6 cm³/mol. The van der Waals surface area contributed by atoms with Crippen LogP contribution in [0.5, 0.6) is 0 Å². The largest absolute Gasteiger partial charge is 0.249 e. The number of hydrogen-bond acceptors (Lipinski definition) is 0. The second-order valence-corrected chi connectivity index (χ2v) is 8.44. The zero-order chi connectivity index (χ0) is 9.28. The molecule has 0 atom stereocenters. The van der Waals surface area contributed by atoms with Crippen LogP contribution >= 0.6 is 6.89 Å². The van der Waals surface area contributed by atoms with E-state index in [0.29, 0.717) is 0 Å². The maximum atomic E-state index is 12.6. The van der Waals surface area contributed by atoms with E-state index in [9.17, 15) is 8.78 Å². The van der Waals surface area contributed by atoms with Crippen LogP contribution in [0.25, 0.3) is 0 Å². The van der Waals surface area contributed by atoms with E-state index >= 15 is 0 Å². The molecule has 0 aromatic carbocycles. The highest BCUT2D eigenvalue weighted by molar-refractivity contribution is 7.74. The molecule has 0 bridgehead atoms. The zero-order valence-corrected chi connectivity index (χ0v) is 8.80. The Kier molecular flexibility index (Phi) is 3.31. The highest BCUT2D eigenvalue weighted by Crippen LogP contribution is 2.44. The Hall–Kier alpha value is 0.160. The van der Waals surface area contributed by atoms with Crippen molar-refractivity contribution in [2.45, 2.75) is 26.7 Å². The Labute approximate surface area is 68.0 Å². The number of rotatable bonds is 2. The summed E-state index contributed by atoms with van der Waals surface area (Å²) in [5.41, 5.74) is 0. The van der Waals surface area contributed by atoms with Crippen LogP contribution in [0.1, 0.15) is 20.8 Å². The van der Waals surface area contributed by atoms with Crippen LogP contribution in [0.2, 0.25) is 0 Å². The van der Waals surface area contributed by atoms with E-state index in [1.807, 2.05) is 27.2 Å². The normalized spacial score (nSPS) is 13.4. The molecule has 0 saturated carbocycles. The van der Waals surface area contributed by atoms with Gasteiger partial charge in [-0.3, -0.25) is 0 Å². The van der Waals surface area contributed by atoms with Crippen LogP contribution in [0, 0.1) is 0 Å². The molecule has 0 radical (unpaired) electrons. The Bertz CT molecular complexity index is 179. The number of halogens is 2. The minimum absolute atomic E-state index is 0.0440. The lowest BCUT2D eigenvalue weighted by Gasteiger charge is -2.22. The fourth-order valence-electron chi connectivity index (χ4n) is 0.852. The molecule has 3 heteroatoms. The highest BCUT2D eigenvalue weighted by Gasteiger charge is 2.26. The van der Waals surface area contributed by atoms with Gasteiger partial charge in [-0.1, -0.05) is 5.29 Å². The molecule has 11 heavy (non-hydrogen) atoms. The van der Waals surface area contributed by atoms with Crippen LogP contribution in [-0.4, -0.2) is 30.7 Å². The van der Waals surface area contributed by atoms with Crippen molar-refractivity contribution in [1.82, 2.24) is 0 Å². The summed E-state index contributed by atoms with van der Waals surface area (Å²) in [5.74, 6) is -2.51. The third-order valence-electron chi connectivity index (χ3n) is 1.88. The van der Waals surface area contributed by atoms with Gasteiger partial charge < -0.3 is 0 Å². The van der Waals surface area contributed by atoms with Gasteiger partial charge in [0.15, 0.2) is 0 Å². The van der Waals surface area contributed by atoms with E-state index in [0.717, 1.165) is 6.92 Å². The van der Waals surface area contributed by atoms with Crippen molar-refractivity contribution < 1.29 is 8.78 Å². The van der Waals surface area contributed by atoms with Gasteiger partial charge in [-0.2, -0.15) is 0 Å². The molecule has 0 aromatic heterocycles. The molecule has 0 unspecified atom stereocenters. The minimum atomic E-state index is -2.51. The van der Waals surface area contributed by atoms with E-state index in [-0.39, 0.29) is 6.16 Å². The molecule has 0 aliphatic rings. The van der Waals surface area contributed by atoms with Gasteiger partial charge in [0, 0.05) is 6.16 Å². The molecule has 0 heterocycles. The van der Waals surface area contributed by atoms with E-state index in [4.69, 9.17) is 0 Å². The molecule has 0 aromatic rings. The molecule has 0 aliphatic carbocycles. The summed E-state index contributed by atoms with van der Waals surface area (Å²) in [4.78, 5) is 0. The highest BCUT2D eigenvalue weighted by atomic mass is 31.2. The van der Waals surface area contributed by atoms with Gasteiger partial charge in [-0.25, -0.2) is 8.78 Å². The van der Waals surface area contributed by atoms with Gasteiger partial charge in [0.2, 0.25) is 5.92 Å². The van der Waals surface area contributed by atoms with Crippen molar-refractivity contribution in [2.24, 2.45) is 0 Å². The Morgan fingerprint density at radius 1 is 1.27 bits per heavy atom. The van der Waals surface area contributed by atoms with Crippen molar-refractivity contribution in [1.29, 1.82) is 0 Å². The van der Waals surface area contributed by atoms with E-state index in [1.165, 1.54) is 5.29 Å². The second kappa shape index (κ2) is 3.26. The third kappa shape index (κ3) is 4.58. The number of alkyl halides is 2. The van der Waals surface area contributed by atoms with Crippen molar-refractivity contribution in [3.63, 3.8) is 0 Å². The average Bonchev–Trinajstić information content (AvgIpc) is 1.56. The average molecular weight is 182 g/mol. The van der Waals surface area contributed by atoms with Crippen molar-refractivity contribution in [3.05, 3.63) is 0 Å². The van der Waals surface area contributed by atoms with Crippen molar-refractivity contribution in [3.8, 4) is 0 Å². The molecule has 0 spiro atoms. The van der Waals surface area contributed by atoms with Crippen molar-refractivity contribution >= 4 is 12.2 Å². The van der Waals surface area contributed by atoms with Crippen LogP contribution in [0.4, 0.5) is 8.78 Å². The monoisotopic (exact) mass is 182 g/mol. The summed E-state index contributed by atoms with van der Waals surface area (Å²) in [6.07, 6.45) is 0.0440. The first kappa shape index (κ1) is 11.2. The van der Waals surface area contributed by atoms with Crippen molar-refractivity contribution in [2.75, 3.05) is 19.5 Å². The summed E-state index contributed by atoms with van der Waals surface area (Å²) in [7, 11) is 0. The lowest BCUT2D eigenvalue weighted by Crippen LogP contribution is -2.17. The summed E-state index contributed by atoms with van der Waals surface area (Å²) >= 11 is 0.